The number of aromatic nitrogens is 1. The summed E-state index contributed by atoms with van der Waals surface area (Å²) in [5, 5.41) is 6.33. The first-order valence-corrected chi connectivity index (χ1v) is 13.1. The van der Waals surface area contributed by atoms with Crippen molar-refractivity contribution in [2.75, 3.05) is 17.1 Å². The number of sulfonamides is 1. The number of aryl methyl sites for hydroxylation is 2. The maximum absolute atomic E-state index is 12.5. The van der Waals surface area contributed by atoms with Crippen LogP contribution >= 0.6 is 0 Å². The molecule has 0 spiro atoms. The van der Waals surface area contributed by atoms with E-state index in [4.69, 9.17) is 14.0 Å². The van der Waals surface area contributed by atoms with Crippen LogP contribution in [0.2, 0.25) is 0 Å². The first-order chi connectivity index (χ1) is 18.2. The minimum absolute atomic E-state index is 0.0172. The molecule has 0 fully saturated rings. The predicted molar refractivity (Wildman–Crippen MR) is 145 cm³/mol. The Bertz CT molecular complexity index is 1560. The summed E-state index contributed by atoms with van der Waals surface area (Å²) in [5.41, 5.74) is 3.41. The fourth-order valence-electron chi connectivity index (χ4n) is 3.52. The van der Waals surface area contributed by atoms with E-state index in [2.05, 4.69) is 15.2 Å². The zero-order valence-corrected chi connectivity index (χ0v) is 21.9. The molecule has 10 heteroatoms. The third-order valence-corrected chi connectivity index (χ3v) is 6.93. The Morgan fingerprint density at radius 3 is 2.45 bits per heavy atom. The monoisotopic (exact) mass is 533 g/mol. The molecule has 0 bridgehead atoms. The summed E-state index contributed by atoms with van der Waals surface area (Å²) >= 11 is 0. The molecule has 4 rings (SSSR count). The highest BCUT2D eigenvalue weighted by molar-refractivity contribution is 7.92. The Morgan fingerprint density at radius 1 is 1.00 bits per heavy atom. The second-order valence-corrected chi connectivity index (χ2v) is 10.1. The first kappa shape index (κ1) is 26.5. The van der Waals surface area contributed by atoms with E-state index >= 15 is 0 Å². The molecule has 1 amide bonds. The van der Waals surface area contributed by atoms with Gasteiger partial charge in [-0.3, -0.25) is 9.52 Å². The molecular weight excluding hydrogens is 506 g/mol. The second-order valence-electron chi connectivity index (χ2n) is 8.40. The van der Waals surface area contributed by atoms with Crippen LogP contribution in [0.5, 0.6) is 11.5 Å². The van der Waals surface area contributed by atoms with Crippen LogP contribution in [-0.4, -0.2) is 26.6 Å². The molecule has 0 aliphatic heterocycles. The zero-order valence-electron chi connectivity index (χ0n) is 21.1. The number of benzene rings is 3. The molecule has 3 aromatic carbocycles. The van der Waals surface area contributed by atoms with Gasteiger partial charge in [0.25, 0.3) is 10.0 Å². The molecule has 38 heavy (non-hydrogen) atoms. The molecule has 0 aliphatic rings. The quantitative estimate of drug-likeness (QED) is 0.264. The maximum atomic E-state index is 12.5. The van der Waals surface area contributed by atoms with Crippen LogP contribution < -0.4 is 19.5 Å². The summed E-state index contributed by atoms with van der Waals surface area (Å²) < 4.78 is 43.6. The Morgan fingerprint density at radius 2 is 1.76 bits per heavy atom. The van der Waals surface area contributed by atoms with E-state index < -0.39 is 10.0 Å². The van der Waals surface area contributed by atoms with Crippen LogP contribution in [0.1, 0.15) is 22.5 Å². The largest absolute Gasteiger partial charge is 0.493 e. The fourth-order valence-corrected chi connectivity index (χ4v) is 4.50. The van der Waals surface area contributed by atoms with E-state index in [1.54, 1.807) is 32.2 Å². The van der Waals surface area contributed by atoms with Crippen LogP contribution in [0.15, 0.2) is 88.3 Å². The van der Waals surface area contributed by atoms with E-state index in [1.807, 2.05) is 37.3 Å². The third kappa shape index (κ3) is 6.80. The maximum Gasteiger partial charge on any atom is 0.263 e. The molecule has 1 aromatic heterocycles. The minimum atomic E-state index is -3.85. The lowest BCUT2D eigenvalue weighted by molar-refractivity contribution is -0.111. The highest BCUT2D eigenvalue weighted by atomic mass is 32.2. The van der Waals surface area contributed by atoms with Gasteiger partial charge in [-0.25, -0.2) is 8.42 Å². The van der Waals surface area contributed by atoms with Gasteiger partial charge in [-0.05, 0) is 73.0 Å². The molecule has 9 nitrogen and oxygen atoms in total. The number of carbonyl (C=O) groups is 1. The summed E-state index contributed by atoms with van der Waals surface area (Å²) in [6.45, 7) is 4.10. The summed E-state index contributed by atoms with van der Waals surface area (Å²) in [5.74, 6) is 1.34. The minimum Gasteiger partial charge on any atom is -0.493 e. The van der Waals surface area contributed by atoms with Gasteiger partial charge in [0.1, 0.15) is 12.4 Å². The van der Waals surface area contributed by atoms with Gasteiger partial charge < -0.3 is 19.3 Å². The molecular formula is C28H27N3O6S. The molecule has 0 unspecified atom stereocenters. The van der Waals surface area contributed by atoms with Crippen molar-refractivity contribution >= 4 is 33.5 Å². The summed E-state index contributed by atoms with van der Waals surface area (Å²) in [6, 6.07) is 20.6. The van der Waals surface area contributed by atoms with Gasteiger partial charge in [-0.15, -0.1) is 0 Å². The number of rotatable bonds is 10. The van der Waals surface area contributed by atoms with Crippen molar-refractivity contribution in [3.63, 3.8) is 0 Å². The van der Waals surface area contributed by atoms with Crippen molar-refractivity contribution in [2.24, 2.45) is 0 Å². The highest BCUT2D eigenvalue weighted by Gasteiger charge is 2.16. The van der Waals surface area contributed by atoms with Crippen molar-refractivity contribution in [3.8, 4) is 11.5 Å². The molecule has 0 saturated heterocycles. The smallest absolute Gasteiger partial charge is 0.263 e. The molecule has 2 N–H and O–H groups in total. The van der Waals surface area contributed by atoms with E-state index in [0.29, 0.717) is 29.6 Å². The van der Waals surface area contributed by atoms with E-state index in [-0.39, 0.29) is 16.6 Å². The van der Waals surface area contributed by atoms with Gasteiger partial charge in [-0.1, -0.05) is 35.5 Å². The van der Waals surface area contributed by atoms with Crippen LogP contribution in [0, 0.1) is 13.8 Å². The average molecular weight is 534 g/mol. The Labute approximate surface area is 221 Å². The molecule has 1 heterocycles. The van der Waals surface area contributed by atoms with Crippen molar-refractivity contribution in [3.05, 3.63) is 101 Å². The number of ether oxygens (including phenoxy) is 2. The standard InChI is InChI=1S/C28H27N3O6S/c1-19-6-4-5-7-22(19)18-36-25-14-8-21(17-26(25)35-3)9-15-28(32)29-23-10-12-24(13-11-23)38(33,34)31-27-16-20(2)37-30-27/h4-17H,18H2,1-3H3,(H,29,32)(H,30,31)/b15-9+. The SMILES string of the molecule is COc1cc(/C=C/C(=O)Nc2ccc(S(=O)(=O)Nc3cc(C)on3)cc2)ccc1OCc1ccccc1C. The molecule has 0 aliphatic carbocycles. The summed E-state index contributed by atoms with van der Waals surface area (Å²) in [6.07, 6.45) is 3.02. The Kier molecular flexibility index (Phi) is 8.12. The van der Waals surface area contributed by atoms with Crippen molar-refractivity contribution < 1.29 is 27.2 Å². The fraction of sp³-hybridized carbons (Fsp3) is 0.143. The molecule has 0 radical (unpaired) electrons. The topological polar surface area (TPSA) is 120 Å². The zero-order chi connectivity index (χ0) is 27.1. The van der Waals surface area contributed by atoms with E-state index in [9.17, 15) is 13.2 Å². The molecule has 0 saturated carbocycles. The number of hydrogen-bond acceptors (Lipinski definition) is 7. The normalized spacial score (nSPS) is 11.3. The van der Waals surface area contributed by atoms with Crippen LogP contribution in [0.3, 0.4) is 0 Å². The van der Waals surface area contributed by atoms with E-state index in [1.165, 1.54) is 36.4 Å². The molecule has 4 aromatic rings. The van der Waals surface area contributed by atoms with Crippen molar-refractivity contribution in [1.82, 2.24) is 5.16 Å². The Hall–Kier alpha value is -4.57. The third-order valence-electron chi connectivity index (χ3n) is 5.56. The van der Waals surface area contributed by atoms with Gasteiger partial charge >= 0.3 is 0 Å². The lowest BCUT2D eigenvalue weighted by Crippen LogP contribution is -2.13. The number of nitrogens with one attached hydrogen (secondary N) is 2. The summed E-state index contributed by atoms with van der Waals surface area (Å²) in [4.78, 5) is 12.4. The number of amides is 1. The average Bonchev–Trinajstić information content (AvgIpc) is 3.31. The van der Waals surface area contributed by atoms with E-state index in [0.717, 1.165) is 16.7 Å². The molecule has 196 valence electrons. The number of nitrogens with zero attached hydrogens (tertiary/aromatic N) is 1. The van der Waals surface area contributed by atoms with Gasteiger partial charge in [0.05, 0.1) is 12.0 Å². The molecule has 0 atom stereocenters. The summed E-state index contributed by atoms with van der Waals surface area (Å²) in [7, 11) is -2.29. The van der Waals surface area contributed by atoms with Crippen LogP contribution in [0.25, 0.3) is 6.08 Å². The number of carbonyl (C=O) groups excluding carboxylic acids is 1. The van der Waals surface area contributed by atoms with Crippen LogP contribution in [0.4, 0.5) is 11.5 Å². The number of methoxy groups -OCH3 is 1. The second kappa shape index (κ2) is 11.7. The van der Waals surface area contributed by atoms with Gasteiger partial charge in [0, 0.05) is 17.8 Å². The number of hydrogen-bond donors (Lipinski definition) is 2. The van der Waals surface area contributed by atoms with Gasteiger partial charge in [0.2, 0.25) is 5.91 Å². The Balaban J connectivity index is 1.35. The first-order valence-electron chi connectivity index (χ1n) is 11.6. The van der Waals surface area contributed by atoms with Crippen molar-refractivity contribution in [1.29, 1.82) is 0 Å². The lowest BCUT2D eigenvalue weighted by Gasteiger charge is -2.12. The lowest BCUT2D eigenvalue weighted by atomic mass is 10.1. The van der Waals surface area contributed by atoms with Gasteiger partial charge in [-0.2, -0.15) is 0 Å². The number of anilines is 2. The van der Waals surface area contributed by atoms with Gasteiger partial charge in [0.15, 0.2) is 17.3 Å². The highest BCUT2D eigenvalue weighted by Crippen LogP contribution is 2.29. The predicted octanol–water partition coefficient (Wildman–Crippen LogP) is 5.33. The van der Waals surface area contributed by atoms with Crippen molar-refractivity contribution in [2.45, 2.75) is 25.3 Å². The van der Waals surface area contributed by atoms with Crippen LogP contribution in [-0.2, 0) is 21.4 Å².